The van der Waals surface area contributed by atoms with Crippen LogP contribution in [-0.2, 0) is 11.2 Å². The van der Waals surface area contributed by atoms with Crippen molar-refractivity contribution in [3.8, 4) is 22.6 Å². The van der Waals surface area contributed by atoms with Crippen LogP contribution in [0.1, 0.15) is 11.1 Å². The first-order chi connectivity index (χ1) is 16.1. The summed E-state index contributed by atoms with van der Waals surface area (Å²) < 4.78 is 10.7. The Morgan fingerprint density at radius 1 is 0.939 bits per heavy atom. The van der Waals surface area contributed by atoms with Gasteiger partial charge in [-0.2, -0.15) is 0 Å². The van der Waals surface area contributed by atoms with E-state index in [0.717, 1.165) is 12.1 Å². The second kappa shape index (κ2) is 8.50. The number of hydrogen-bond acceptors (Lipinski definition) is 4. The van der Waals surface area contributed by atoms with Gasteiger partial charge in [-0.3, -0.25) is 9.69 Å². The molecular formula is C26H25N3O4. The van der Waals surface area contributed by atoms with Crippen LogP contribution < -0.4 is 19.7 Å². The van der Waals surface area contributed by atoms with Gasteiger partial charge in [0.1, 0.15) is 18.0 Å². The average Bonchev–Trinajstić information content (AvgIpc) is 3.38. The molecule has 1 aliphatic carbocycles. The van der Waals surface area contributed by atoms with Crippen molar-refractivity contribution in [2.75, 3.05) is 44.1 Å². The Bertz CT molecular complexity index is 1240. The highest BCUT2D eigenvalue weighted by atomic mass is 16.5. The van der Waals surface area contributed by atoms with Gasteiger partial charge < -0.3 is 19.7 Å². The Labute approximate surface area is 192 Å². The topological polar surface area (TPSA) is 71.1 Å². The summed E-state index contributed by atoms with van der Waals surface area (Å²) in [6.07, 6.45) is 0.858. The normalized spacial score (nSPS) is 14.2. The van der Waals surface area contributed by atoms with Gasteiger partial charge >= 0.3 is 6.03 Å². The van der Waals surface area contributed by atoms with Crippen LogP contribution in [-0.4, -0.2) is 50.7 Å². The molecule has 1 aliphatic heterocycles. The second-order valence-corrected chi connectivity index (χ2v) is 8.15. The number of urea groups is 1. The van der Waals surface area contributed by atoms with Crippen molar-refractivity contribution in [1.29, 1.82) is 0 Å². The largest absolute Gasteiger partial charge is 0.497 e. The van der Waals surface area contributed by atoms with Crippen molar-refractivity contribution in [1.82, 2.24) is 4.90 Å². The maximum absolute atomic E-state index is 13.0. The van der Waals surface area contributed by atoms with Gasteiger partial charge in [0.2, 0.25) is 5.91 Å². The highest BCUT2D eigenvalue weighted by Crippen LogP contribution is 2.38. The Morgan fingerprint density at radius 3 is 2.58 bits per heavy atom. The number of hydrogen-bond donors (Lipinski definition) is 1. The summed E-state index contributed by atoms with van der Waals surface area (Å²) in [5, 5.41) is 2.95. The minimum absolute atomic E-state index is 0.0150. The number of nitrogens with one attached hydrogen (secondary N) is 1. The molecule has 2 aliphatic rings. The number of carbonyl (C=O) groups excluding carboxylic acids is 2. The van der Waals surface area contributed by atoms with Crippen LogP contribution in [0.4, 0.5) is 16.2 Å². The fourth-order valence-electron chi connectivity index (χ4n) is 4.56. The van der Waals surface area contributed by atoms with E-state index in [9.17, 15) is 9.59 Å². The van der Waals surface area contributed by atoms with Gasteiger partial charge in [0.25, 0.3) is 0 Å². The van der Waals surface area contributed by atoms with E-state index in [2.05, 4.69) is 23.5 Å². The molecule has 0 saturated carbocycles. The molecule has 0 bridgehead atoms. The first kappa shape index (κ1) is 20.9. The molecule has 1 heterocycles. The minimum Gasteiger partial charge on any atom is -0.497 e. The molecule has 5 rings (SSSR count). The molecule has 7 heteroatoms. The molecule has 7 nitrogen and oxygen atoms in total. The summed E-state index contributed by atoms with van der Waals surface area (Å²) in [6, 6.07) is 19.4. The molecule has 0 atom stereocenters. The van der Waals surface area contributed by atoms with Crippen molar-refractivity contribution in [3.05, 3.63) is 71.8 Å². The predicted molar refractivity (Wildman–Crippen MR) is 127 cm³/mol. The standard InChI is InChI=1S/C26H25N3O4/c1-32-20-8-10-24(33-2)23(15-20)29-12-11-28(26(29)31)16-25(30)27-19-7-9-22-18(14-19)13-17-5-3-4-6-21(17)22/h3-10,14-15H,11-13,16H2,1-2H3,(H,27,30). The Hall–Kier alpha value is -4.00. The third-order valence-electron chi connectivity index (χ3n) is 6.18. The Morgan fingerprint density at radius 2 is 1.76 bits per heavy atom. The molecule has 3 aromatic carbocycles. The fourth-order valence-corrected chi connectivity index (χ4v) is 4.56. The second-order valence-electron chi connectivity index (χ2n) is 8.15. The molecule has 1 fully saturated rings. The zero-order chi connectivity index (χ0) is 22.9. The summed E-state index contributed by atoms with van der Waals surface area (Å²) in [5.41, 5.74) is 6.32. The van der Waals surface area contributed by atoms with Crippen LogP contribution in [0.3, 0.4) is 0 Å². The average molecular weight is 444 g/mol. The lowest BCUT2D eigenvalue weighted by molar-refractivity contribution is -0.116. The summed E-state index contributed by atoms with van der Waals surface area (Å²) in [7, 11) is 3.14. The lowest BCUT2D eigenvalue weighted by atomic mass is 10.1. The van der Waals surface area contributed by atoms with Crippen LogP contribution in [0.15, 0.2) is 60.7 Å². The van der Waals surface area contributed by atoms with E-state index in [1.54, 1.807) is 37.3 Å². The van der Waals surface area contributed by atoms with Crippen molar-refractivity contribution < 1.29 is 19.1 Å². The number of methoxy groups -OCH3 is 2. The van der Waals surface area contributed by atoms with Gasteiger partial charge in [0, 0.05) is 24.8 Å². The lowest BCUT2D eigenvalue weighted by Gasteiger charge is -2.21. The Kier molecular flexibility index (Phi) is 5.38. The predicted octanol–water partition coefficient (Wildman–Crippen LogP) is 4.16. The maximum atomic E-state index is 13.0. The van der Waals surface area contributed by atoms with Crippen molar-refractivity contribution in [2.45, 2.75) is 6.42 Å². The van der Waals surface area contributed by atoms with Crippen LogP contribution in [0.25, 0.3) is 11.1 Å². The van der Waals surface area contributed by atoms with E-state index in [-0.39, 0.29) is 18.5 Å². The third-order valence-corrected chi connectivity index (χ3v) is 6.18. The molecule has 0 unspecified atom stereocenters. The van der Waals surface area contributed by atoms with Crippen LogP contribution in [0, 0.1) is 0 Å². The highest BCUT2D eigenvalue weighted by molar-refractivity contribution is 6.00. The van der Waals surface area contributed by atoms with E-state index in [1.807, 2.05) is 24.3 Å². The van der Waals surface area contributed by atoms with Gasteiger partial charge in [0.15, 0.2) is 0 Å². The molecule has 1 N–H and O–H groups in total. The van der Waals surface area contributed by atoms with Crippen molar-refractivity contribution >= 4 is 23.3 Å². The molecule has 168 valence electrons. The van der Waals surface area contributed by atoms with Crippen LogP contribution in [0.2, 0.25) is 0 Å². The lowest BCUT2D eigenvalue weighted by Crippen LogP contribution is -2.37. The van der Waals surface area contributed by atoms with E-state index >= 15 is 0 Å². The molecule has 3 amide bonds. The quantitative estimate of drug-likeness (QED) is 0.486. The number of anilines is 2. The number of benzene rings is 3. The highest BCUT2D eigenvalue weighted by Gasteiger charge is 2.32. The van der Waals surface area contributed by atoms with Gasteiger partial charge in [-0.05, 0) is 52.9 Å². The van der Waals surface area contributed by atoms with E-state index in [4.69, 9.17) is 9.47 Å². The smallest absolute Gasteiger partial charge is 0.325 e. The van der Waals surface area contributed by atoms with Crippen LogP contribution in [0.5, 0.6) is 11.5 Å². The van der Waals surface area contributed by atoms with E-state index < -0.39 is 0 Å². The molecule has 0 aromatic heterocycles. The monoisotopic (exact) mass is 443 g/mol. The van der Waals surface area contributed by atoms with Crippen LogP contribution >= 0.6 is 0 Å². The molecular weight excluding hydrogens is 418 g/mol. The molecule has 0 radical (unpaired) electrons. The summed E-state index contributed by atoms with van der Waals surface area (Å²) in [5.74, 6) is 0.987. The molecule has 0 spiro atoms. The number of fused-ring (bicyclic) bond motifs is 3. The summed E-state index contributed by atoms with van der Waals surface area (Å²) in [6.45, 7) is 0.901. The van der Waals surface area contributed by atoms with Gasteiger partial charge in [-0.1, -0.05) is 30.3 Å². The number of carbonyl (C=O) groups is 2. The van der Waals surface area contributed by atoms with Gasteiger partial charge in [0.05, 0.1) is 19.9 Å². The summed E-state index contributed by atoms with van der Waals surface area (Å²) in [4.78, 5) is 28.9. The zero-order valence-electron chi connectivity index (χ0n) is 18.6. The first-order valence-electron chi connectivity index (χ1n) is 10.9. The molecule has 33 heavy (non-hydrogen) atoms. The Balaban J connectivity index is 1.25. The molecule has 3 aromatic rings. The fraction of sp³-hybridized carbons (Fsp3) is 0.231. The SMILES string of the molecule is COc1ccc(OC)c(N2CCN(CC(=O)Nc3ccc4c(c3)Cc3ccccc3-4)C2=O)c1. The van der Waals surface area contributed by atoms with E-state index in [1.165, 1.54) is 27.2 Å². The zero-order valence-corrected chi connectivity index (χ0v) is 18.6. The molecule has 1 saturated heterocycles. The van der Waals surface area contributed by atoms with Crippen molar-refractivity contribution in [3.63, 3.8) is 0 Å². The van der Waals surface area contributed by atoms with Crippen molar-refractivity contribution in [2.24, 2.45) is 0 Å². The summed E-state index contributed by atoms with van der Waals surface area (Å²) >= 11 is 0. The maximum Gasteiger partial charge on any atom is 0.325 e. The number of rotatable bonds is 6. The third kappa shape index (κ3) is 3.86. The minimum atomic E-state index is -0.235. The van der Waals surface area contributed by atoms with E-state index in [0.29, 0.717) is 30.3 Å². The number of amides is 3. The number of nitrogens with zero attached hydrogens (tertiary/aromatic N) is 2. The van der Waals surface area contributed by atoms with Gasteiger partial charge in [-0.15, -0.1) is 0 Å². The first-order valence-corrected chi connectivity index (χ1v) is 10.9. The van der Waals surface area contributed by atoms with Gasteiger partial charge in [-0.25, -0.2) is 4.79 Å². The number of ether oxygens (including phenoxy) is 2.